The van der Waals surface area contributed by atoms with Crippen molar-refractivity contribution in [1.82, 2.24) is 29.7 Å². The van der Waals surface area contributed by atoms with Crippen LogP contribution in [0.1, 0.15) is 40.3 Å². The van der Waals surface area contributed by atoms with Crippen LogP contribution in [0.15, 0.2) is 30.5 Å². The first-order chi connectivity index (χ1) is 13.7. The highest BCUT2D eigenvalue weighted by Gasteiger charge is 2.37. The quantitative estimate of drug-likeness (QED) is 0.632. The monoisotopic (exact) mass is 424 g/mol. The van der Waals surface area contributed by atoms with E-state index in [0.29, 0.717) is 24.5 Å². The van der Waals surface area contributed by atoms with E-state index in [0.717, 1.165) is 11.8 Å². The van der Waals surface area contributed by atoms with E-state index in [1.807, 2.05) is 0 Å². The van der Waals surface area contributed by atoms with E-state index in [2.05, 4.69) is 15.4 Å². The van der Waals surface area contributed by atoms with Crippen molar-refractivity contribution < 1.29 is 18.0 Å². The van der Waals surface area contributed by atoms with Crippen molar-refractivity contribution in [3.05, 3.63) is 58.0 Å². The Morgan fingerprint density at radius 3 is 2.69 bits per heavy atom. The van der Waals surface area contributed by atoms with Crippen LogP contribution in [-0.4, -0.2) is 42.1 Å². The van der Waals surface area contributed by atoms with E-state index in [9.17, 15) is 18.0 Å². The van der Waals surface area contributed by atoms with Gasteiger partial charge in [-0.1, -0.05) is 22.9 Å². The van der Waals surface area contributed by atoms with Gasteiger partial charge in [0.2, 0.25) is 0 Å². The number of alkyl halides is 3. The van der Waals surface area contributed by atoms with Crippen molar-refractivity contribution >= 4 is 17.5 Å². The molecular formula is C18H16ClF3N6O. The molecule has 1 atom stereocenters. The van der Waals surface area contributed by atoms with Gasteiger partial charge in [-0.3, -0.25) is 9.48 Å². The number of hydrogen-bond donors (Lipinski definition) is 0. The molecule has 152 valence electrons. The summed E-state index contributed by atoms with van der Waals surface area (Å²) in [5, 5.41) is 12.0. The molecule has 0 spiro atoms. The van der Waals surface area contributed by atoms with Crippen LogP contribution in [0.5, 0.6) is 0 Å². The molecule has 1 amide bonds. The Balaban J connectivity index is 1.66. The zero-order valence-corrected chi connectivity index (χ0v) is 16.2. The first kappa shape index (κ1) is 19.4. The Kier molecular flexibility index (Phi) is 4.60. The number of fused-ring (bicyclic) bond motifs is 1. The SMILES string of the molecule is C[C@H]1c2nnn(-c3ccn(C)n3)c2CCN1C(=O)c1cccc(C(F)(F)F)c1Cl. The van der Waals surface area contributed by atoms with Crippen molar-refractivity contribution in [2.24, 2.45) is 7.05 Å². The Bertz CT molecular complexity index is 1090. The molecule has 3 aromatic rings. The third-order valence-corrected chi connectivity index (χ3v) is 5.37. The highest BCUT2D eigenvalue weighted by molar-refractivity contribution is 6.34. The number of nitrogens with zero attached hydrogens (tertiary/aromatic N) is 6. The number of amides is 1. The Hall–Kier alpha value is -2.88. The average Bonchev–Trinajstić information content (AvgIpc) is 3.27. The molecule has 29 heavy (non-hydrogen) atoms. The molecule has 0 fully saturated rings. The minimum atomic E-state index is -4.64. The predicted molar refractivity (Wildman–Crippen MR) is 97.7 cm³/mol. The van der Waals surface area contributed by atoms with Gasteiger partial charge in [0.25, 0.3) is 5.91 Å². The van der Waals surface area contributed by atoms with Gasteiger partial charge in [-0.15, -0.1) is 5.10 Å². The van der Waals surface area contributed by atoms with Gasteiger partial charge in [0.05, 0.1) is 27.9 Å². The summed E-state index contributed by atoms with van der Waals surface area (Å²) < 4.78 is 42.7. The zero-order valence-electron chi connectivity index (χ0n) is 15.5. The molecule has 0 saturated heterocycles. The normalized spacial score (nSPS) is 16.8. The van der Waals surface area contributed by atoms with E-state index < -0.39 is 28.7 Å². The van der Waals surface area contributed by atoms with Crippen molar-refractivity contribution in [3.8, 4) is 5.82 Å². The molecular weight excluding hydrogens is 409 g/mol. The van der Waals surface area contributed by atoms with Gasteiger partial charge in [0.1, 0.15) is 5.69 Å². The second-order valence-electron chi connectivity index (χ2n) is 6.77. The van der Waals surface area contributed by atoms with E-state index >= 15 is 0 Å². The molecule has 7 nitrogen and oxygen atoms in total. The lowest BCUT2D eigenvalue weighted by molar-refractivity contribution is -0.137. The smallest absolute Gasteiger partial charge is 0.330 e. The van der Waals surface area contributed by atoms with Gasteiger partial charge < -0.3 is 4.90 Å². The van der Waals surface area contributed by atoms with Crippen LogP contribution < -0.4 is 0 Å². The summed E-state index contributed by atoms with van der Waals surface area (Å²) in [6, 6.07) is 4.65. The highest BCUT2D eigenvalue weighted by Crippen LogP contribution is 2.38. The number of hydrogen-bond acceptors (Lipinski definition) is 4. The molecule has 0 bridgehead atoms. The Morgan fingerprint density at radius 2 is 2.03 bits per heavy atom. The number of rotatable bonds is 2. The largest absolute Gasteiger partial charge is 0.417 e. The number of carbonyl (C=O) groups is 1. The number of halogens is 4. The summed E-state index contributed by atoms with van der Waals surface area (Å²) >= 11 is 5.93. The summed E-state index contributed by atoms with van der Waals surface area (Å²) in [6.45, 7) is 2.05. The standard InChI is InChI=1S/C18H16ClF3N6O/c1-10-16-13(28(25-23-16)14-7-8-26(2)24-14)6-9-27(10)17(29)11-4-3-5-12(15(11)19)18(20,21)22/h3-5,7-8,10H,6,9H2,1-2H3/t10-/m0/s1. The third kappa shape index (κ3) is 3.27. The van der Waals surface area contributed by atoms with Crippen LogP contribution >= 0.6 is 11.6 Å². The van der Waals surface area contributed by atoms with Gasteiger partial charge >= 0.3 is 6.18 Å². The van der Waals surface area contributed by atoms with Crippen LogP contribution in [0.2, 0.25) is 5.02 Å². The van der Waals surface area contributed by atoms with Crippen LogP contribution in [-0.2, 0) is 19.6 Å². The molecule has 11 heteroatoms. The molecule has 0 radical (unpaired) electrons. The minimum Gasteiger partial charge on any atom is -0.330 e. The maximum atomic E-state index is 13.1. The fraction of sp³-hybridized carbons (Fsp3) is 0.333. The van der Waals surface area contributed by atoms with Crippen LogP contribution in [0.3, 0.4) is 0 Å². The third-order valence-electron chi connectivity index (χ3n) is 4.96. The maximum absolute atomic E-state index is 13.1. The minimum absolute atomic E-state index is 0.186. The van der Waals surface area contributed by atoms with Crippen molar-refractivity contribution in [2.45, 2.75) is 25.6 Å². The van der Waals surface area contributed by atoms with Crippen molar-refractivity contribution in [3.63, 3.8) is 0 Å². The number of benzene rings is 1. The topological polar surface area (TPSA) is 68.8 Å². The second-order valence-corrected chi connectivity index (χ2v) is 7.15. The molecule has 1 aliphatic rings. The lowest BCUT2D eigenvalue weighted by Gasteiger charge is -2.33. The molecule has 2 aromatic heterocycles. The fourth-order valence-corrected chi connectivity index (χ4v) is 3.80. The summed E-state index contributed by atoms with van der Waals surface area (Å²) in [5.74, 6) is 0.0285. The van der Waals surface area contributed by atoms with Gasteiger partial charge in [-0.05, 0) is 19.1 Å². The molecule has 3 heterocycles. The van der Waals surface area contributed by atoms with E-state index in [1.165, 1.54) is 17.0 Å². The first-order valence-electron chi connectivity index (χ1n) is 8.79. The maximum Gasteiger partial charge on any atom is 0.417 e. The van der Waals surface area contributed by atoms with Gasteiger partial charge in [0.15, 0.2) is 5.82 Å². The average molecular weight is 425 g/mol. The Labute approximate surface area is 168 Å². The summed E-state index contributed by atoms with van der Waals surface area (Å²) in [7, 11) is 1.79. The summed E-state index contributed by atoms with van der Waals surface area (Å²) in [5.41, 5.74) is 0.180. The van der Waals surface area contributed by atoms with Crippen LogP contribution in [0, 0.1) is 0 Å². The molecule has 4 rings (SSSR count). The first-order valence-corrected chi connectivity index (χ1v) is 9.17. The lowest BCUT2D eigenvalue weighted by Crippen LogP contribution is -2.39. The van der Waals surface area contributed by atoms with E-state index in [1.54, 1.807) is 35.6 Å². The molecule has 0 unspecified atom stereocenters. The molecule has 1 aromatic carbocycles. The molecule has 0 saturated carbocycles. The number of aryl methyl sites for hydroxylation is 1. The van der Waals surface area contributed by atoms with E-state index in [-0.39, 0.29) is 5.56 Å². The van der Waals surface area contributed by atoms with E-state index in [4.69, 9.17) is 11.6 Å². The molecule has 0 N–H and O–H groups in total. The summed E-state index contributed by atoms with van der Waals surface area (Å²) in [6.07, 6.45) is -2.42. The van der Waals surface area contributed by atoms with Crippen molar-refractivity contribution in [1.29, 1.82) is 0 Å². The predicted octanol–water partition coefficient (Wildman–Crippen LogP) is 3.43. The lowest BCUT2D eigenvalue weighted by atomic mass is 10.0. The van der Waals surface area contributed by atoms with Crippen LogP contribution in [0.4, 0.5) is 13.2 Å². The Morgan fingerprint density at radius 1 is 1.28 bits per heavy atom. The van der Waals surface area contributed by atoms with Crippen LogP contribution in [0.25, 0.3) is 5.82 Å². The number of carbonyl (C=O) groups excluding carboxylic acids is 1. The molecule has 1 aliphatic heterocycles. The zero-order chi connectivity index (χ0) is 20.9. The summed E-state index contributed by atoms with van der Waals surface area (Å²) in [4.78, 5) is 14.5. The highest BCUT2D eigenvalue weighted by atomic mass is 35.5. The fourth-order valence-electron chi connectivity index (χ4n) is 3.49. The number of aromatic nitrogens is 5. The molecule has 0 aliphatic carbocycles. The second kappa shape index (κ2) is 6.87. The van der Waals surface area contributed by atoms with Crippen molar-refractivity contribution in [2.75, 3.05) is 6.54 Å². The van der Waals surface area contributed by atoms with Gasteiger partial charge in [0, 0.05) is 32.3 Å². The van der Waals surface area contributed by atoms with Gasteiger partial charge in [-0.2, -0.15) is 23.0 Å². The van der Waals surface area contributed by atoms with Gasteiger partial charge in [-0.25, -0.2) is 0 Å².